The van der Waals surface area contributed by atoms with Crippen molar-refractivity contribution in [3.8, 4) is 0 Å². The van der Waals surface area contributed by atoms with Crippen molar-refractivity contribution in [3.63, 3.8) is 0 Å². The molecule has 3 aromatic rings. The predicted octanol–water partition coefficient (Wildman–Crippen LogP) is 5.69. The van der Waals surface area contributed by atoms with E-state index in [0.717, 1.165) is 31.4 Å². The van der Waals surface area contributed by atoms with E-state index in [1.807, 2.05) is 6.92 Å². The van der Waals surface area contributed by atoms with Crippen LogP contribution in [0.2, 0.25) is 0 Å². The molecule has 2 aromatic carbocycles. The molecule has 1 unspecified atom stereocenters. The summed E-state index contributed by atoms with van der Waals surface area (Å²) in [5.41, 5.74) is 7.15. The fourth-order valence-electron chi connectivity index (χ4n) is 4.63. The molecule has 1 amide bonds. The topological polar surface area (TPSA) is 46.4 Å². The van der Waals surface area contributed by atoms with Crippen LogP contribution in [0.5, 0.6) is 0 Å². The van der Waals surface area contributed by atoms with Crippen molar-refractivity contribution >= 4 is 23.0 Å². The Morgan fingerprint density at radius 2 is 2.00 bits per heavy atom. The van der Waals surface area contributed by atoms with Gasteiger partial charge in [0.1, 0.15) is 0 Å². The Bertz CT molecular complexity index is 1180. The Labute approximate surface area is 190 Å². The number of rotatable bonds is 7. The third kappa shape index (κ3) is 4.45. The van der Waals surface area contributed by atoms with Crippen molar-refractivity contribution in [2.24, 2.45) is 4.99 Å². The van der Waals surface area contributed by atoms with Crippen LogP contribution in [0.15, 0.2) is 78.0 Å². The molecule has 0 bridgehead atoms. The summed E-state index contributed by atoms with van der Waals surface area (Å²) in [5, 5.41) is 4.32. The molecule has 1 N–H and O–H groups in total. The molecular formula is C28H31N3O. The van der Waals surface area contributed by atoms with Gasteiger partial charge in [0.2, 0.25) is 5.91 Å². The third-order valence-electron chi connectivity index (χ3n) is 6.27. The van der Waals surface area contributed by atoms with Crippen molar-refractivity contribution in [1.29, 1.82) is 0 Å². The lowest BCUT2D eigenvalue weighted by molar-refractivity contribution is -0.122. The number of hydrogen-bond donors (Lipinski definition) is 1. The fourth-order valence-corrected chi connectivity index (χ4v) is 4.63. The van der Waals surface area contributed by atoms with Gasteiger partial charge in [-0.3, -0.25) is 9.79 Å². The van der Waals surface area contributed by atoms with Crippen LogP contribution in [0.3, 0.4) is 0 Å². The monoisotopic (exact) mass is 425 g/mol. The van der Waals surface area contributed by atoms with Crippen LogP contribution >= 0.6 is 0 Å². The minimum atomic E-state index is -0.136. The summed E-state index contributed by atoms with van der Waals surface area (Å²) in [6.45, 7) is 9.07. The Morgan fingerprint density at radius 3 is 2.75 bits per heavy atom. The van der Waals surface area contributed by atoms with Gasteiger partial charge in [-0.15, -0.1) is 0 Å². The summed E-state index contributed by atoms with van der Waals surface area (Å²) < 4.78 is 2.42. The van der Waals surface area contributed by atoms with Crippen LogP contribution < -0.4 is 5.32 Å². The molecule has 0 saturated heterocycles. The standard InChI is InChI=1S/C28H31N3O/c1-4-21(17-29-5-2)18-30-28(32)24-10-8-12-26-27(24)23-9-6-7-11-25(23)31(26)19-22-15-13-20(3)14-16-22/h4-7,9,11,13-17,24H,1,8,10,12,18-19H2,2-3H3,(H,30,32)/b21-17+,29-5?. The number of nitrogens with zero attached hydrogens (tertiary/aromatic N) is 2. The zero-order valence-corrected chi connectivity index (χ0v) is 19.0. The van der Waals surface area contributed by atoms with Gasteiger partial charge in [0.25, 0.3) is 0 Å². The van der Waals surface area contributed by atoms with Crippen LogP contribution in [0.1, 0.15) is 48.1 Å². The summed E-state index contributed by atoms with van der Waals surface area (Å²) in [6, 6.07) is 17.2. The highest BCUT2D eigenvalue weighted by Gasteiger charge is 2.31. The first kappa shape index (κ1) is 21.8. The average molecular weight is 426 g/mol. The van der Waals surface area contributed by atoms with Crippen LogP contribution in [-0.4, -0.2) is 23.2 Å². The van der Waals surface area contributed by atoms with Gasteiger partial charge in [0.05, 0.1) is 5.92 Å². The number of amides is 1. The van der Waals surface area contributed by atoms with Gasteiger partial charge in [-0.25, -0.2) is 0 Å². The van der Waals surface area contributed by atoms with E-state index in [1.165, 1.54) is 33.3 Å². The lowest BCUT2D eigenvalue weighted by atomic mass is 9.84. The number of carbonyl (C=O) groups excluding carboxylic acids is 1. The zero-order valence-electron chi connectivity index (χ0n) is 19.0. The molecule has 0 saturated carbocycles. The number of fused-ring (bicyclic) bond motifs is 3. The molecule has 1 atom stereocenters. The second-order valence-corrected chi connectivity index (χ2v) is 8.43. The van der Waals surface area contributed by atoms with E-state index in [0.29, 0.717) is 6.54 Å². The molecule has 1 heterocycles. The Balaban J connectivity index is 1.67. The minimum Gasteiger partial charge on any atom is -0.351 e. The molecule has 0 radical (unpaired) electrons. The maximum atomic E-state index is 13.3. The summed E-state index contributed by atoms with van der Waals surface area (Å²) in [4.78, 5) is 17.4. The van der Waals surface area contributed by atoms with Crippen molar-refractivity contribution in [3.05, 3.63) is 95.3 Å². The molecule has 0 fully saturated rings. The van der Waals surface area contributed by atoms with Gasteiger partial charge in [-0.05, 0) is 55.9 Å². The molecule has 4 rings (SSSR count). The second-order valence-electron chi connectivity index (χ2n) is 8.43. The average Bonchev–Trinajstić information content (AvgIpc) is 3.14. The SMILES string of the molecule is C=C/C(=C\N=CC)CNC(=O)C1CCCc2c1c1ccccc1n2Cc1ccc(C)cc1. The Morgan fingerprint density at radius 1 is 1.22 bits per heavy atom. The highest BCUT2D eigenvalue weighted by atomic mass is 16.1. The number of aromatic nitrogens is 1. The molecule has 164 valence electrons. The first-order chi connectivity index (χ1) is 15.6. The van der Waals surface area contributed by atoms with Crippen LogP contribution in [0, 0.1) is 6.92 Å². The maximum Gasteiger partial charge on any atom is 0.227 e. The number of carbonyl (C=O) groups is 1. The number of aryl methyl sites for hydroxylation is 1. The van der Waals surface area contributed by atoms with E-state index in [-0.39, 0.29) is 11.8 Å². The number of aliphatic imine (C=N–C) groups is 1. The minimum absolute atomic E-state index is 0.0809. The molecule has 1 aliphatic rings. The number of nitrogens with one attached hydrogen (secondary N) is 1. The van der Waals surface area contributed by atoms with Crippen LogP contribution in [0.25, 0.3) is 10.9 Å². The Hall–Kier alpha value is -3.40. The van der Waals surface area contributed by atoms with Gasteiger partial charge in [0.15, 0.2) is 0 Å². The smallest absolute Gasteiger partial charge is 0.227 e. The summed E-state index contributed by atoms with van der Waals surface area (Å²) in [7, 11) is 0. The molecular weight excluding hydrogens is 394 g/mol. The van der Waals surface area contributed by atoms with Gasteiger partial charge >= 0.3 is 0 Å². The molecule has 0 spiro atoms. The van der Waals surface area contributed by atoms with E-state index in [2.05, 4.69) is 76.9 Å². The van der Waals surface area contributed by atoms with Crippen molar-refractivity contribution < 1.29 is 4.79 Å². The third-order valence-corrected chi connectivity index (χ3v) is 6.27. The van der Waals surface area contributed by atoms with Crippen molar-refractivity contribution in [2.75, 3.05) is 6.54 Å². The molecule has 32 heavy (non-hydrogen) atoms. The van der Waals surface area contributed by atoms with E-state index in [1.54, 1.807) is 18.5 Å². The largest absolute Gasteiger partial charge is 0.351 e. The van der Waals surface area contributed by atoms with Crippen molar-refractivity contribution in [2.45, 2.75) is 45.6 Å². The summed E-state index contributed by atoms with van der Waals surface area (Å²) in [5.74, 6) is -0.0546. The van der Waals surface area contributed by atoms with E-state index in [9.17, 15) is 4.79 Å². The first-order valence-corrected chi connectivity index (χ1v) is 11.3. The molecule has 0 aliphatic heterocycles. The molecule has 1 aromatic heterocycles. The predicted molar refractivity (Wildman–Crippen MR) is 133 cm³/mol. The first-order valence-electron chi connectivity index (χ1n) is 11.3. The number of para-hydroxylation sites is 1. The van der Waals surface area contributed by atoms with E-state index >= 15 is 0 Å². The summed E-state index contributed by atoms with van der Waals surface area (Å²) in [6.07, 6.45) is 8.10. The highest BCUT2D eigenvalue weighted by molar-refractivity contribution is 5.94. The van der Waals surface area contributed by atoms with E-state index in [4.69, 9.17) is 0 Å². The van der Waals surface area contributed by atoms with Crippen LogP contribution in [0.4, 0.5) is 0 Å². The number of hydrogen-bond acceptors (Lipinski definition) is 2. The summed E-state index contributed by atoms with van der Waals surface area (Å²) >= 11 is 0. The molecule has 4 nitrogen and oxygen atoms in total. The fraction of sp³-hybridized carbons (Fsp3) is 0.286. The zero-order chi connectivity index (χ0) is 22.5. The Kier molecular flexibility index (Phi) is 6.69. The van der Waals surface area contributed by atoms with Gasteiger partial charge in [-0.1, -0.05) is 60.7 Å². The quantitative estimate of drug-likeness (QED) is 0.383. The lowest BCUT2D eigenvalue weighted by Gasteiger charge is -2.24. The molecule has 1 aliphatic carbocycles. The lowest BCUT2D eigenvalue weighted by Crippen LogP contribution is -2.32. The molecule has 4 heteroatoms. The van der Waals surface area contributed by atoms with Gasteiger partial charge < -0.3 is 9.88 Å². The van der Waals surface area contributed by atoms with Gasteiger partial charge in [-0.2, -0.15) is 0 Å². The second kappa shape index (κ2) is 9.82. The van der Waals surface area contributed by atoms with E-state index < -0.39 is 0 Å². The van der Waals surface area contributed by atoms with Crippen molar-refractivity contribution in [1.82, 2.24) is 9.88 Å². The highest BCUT2D eigenvalue weighted by Crippen LogP contribution is 2.39. The normalized spacial score (nSPS) is 16.3. The number of benzene rings is 2. The van der Waals surface area contributed by atoms with Gasteiger partial charge in [0, 0.05) is 42.1 Å². The van der Waals surface area contributed by atoms with Crippen LogP contribution in [-0.2, 0) is 17.8 Å². The maximum absolute atomic E-state index is 13.3.